The summed E-state index contributed by atoms with van der Waals surface area (Å²) in [5, 5.41) is 7.58. The van der Waals surface area contributed by atoms with Crippen LogP contribution < -0.4 is 15.5 Å². The van der Waals surface area contributed by atoms with Crippen molar-refractivity contribution in [3.05, 3.63) is 60.2 Å². The molecule has 0 amide bonds. The molecular formula is C16H17N3OS. The van der Waals surface area contributed by atoms with Crippen LogP contribution in [0.2, 0.25) is 0 Å². The van der Waals surface area contributed by atoms with E-state index in [1.165, 1.54) is 0 Å². The first kappa shape index (κ1) is 15.0. The van der Waals surface area contributed by atoms with Crippen molar-refractivity contribution in [2.45, 2.75) is 6.92 Å². The molecule has 4 nitrogen and oxygen atoms in total. The van der Waals surface area contributed by atoms with E-state index in [1.54, 1.807) is 6.21 Å². The fourth-order valence-electron chi connectivity index (χ4n) is 1.66. The van der Waals surface area contributed by atoms with Gasteiger partial charge in [0.2, 0.25) is 0 Å². The summed E-state index contributed by atoms with van der Waals surface area (Å²) in [6.07, 6.45) is 1.70. The highest BCUT2D eigenvalue weighted by molar-refractivity contribution is 7.80. The molecule has 0 spiro atoms. The van der Waals surface area contributed by atoms with Crippen LogP contribution in [0.4, 0.5) is 5.69 Å². The van der Waals surface area contributed by atoms with Crippen molar-refractivity contribution >= 4 is 29.2 Å². The highest BCUT2D eigenvalue weighted by Crippen LogP contribution is 2.10. The molecule has 2 aromatic rings. The van der Waals surface area contributed by atoms with E-state index in [9.17, 15) is 0 Å². The lowest BCUT2D eigenvalue weighted by Crippen LogP contribution is -2.23. The molecule has 2 rings (SSSR count). The van der Waals surface area contributed by atoms with Gasteiger partial charge in [0.05, 0.1) is 12.8 Å². The number of hydrazone groups is 1. The average molecular weight is 299 g/mol. The molecule has 5 heteroatoms. The topological polar surface area (TPSA) is 45.6 Å². The summed E-state index contributed by atoms with van der Waals surface area (Å²) in [5.41, 5.74) is 4.67. The van der Waals surface area contributed by atoms with Crippen LogP contribution >= 0.6 is 12.2 Å². The van der Waals surface area contributed by atoms with Crippen LogP contribution in [0.1, 0.15) is 12.5 Å². The van der Waals surface area contributed by atoms with Crippen molar-refractivity contribution in [2.75, 3.05) is 11.9 Å². The predicted octanol–water partition coefficient (Wildman–Crippen LogP) is 3.41. The Morgan fingerprint density at radius 2 is 1.86 bits per heavy atom. The molecule has 0 aliphatic rings. The van der Waals surface area contributed by atoms with Crippen LogP contribution in [0.25, 0.3) is 0 Å². The number of thiocarbonyl (C=S) groups is 1. The van der Waals surface area contributed by atoms with E-state index in [4.69, 9.17) is 17.0 Å². The second-order valence-corrected chi connectivity index (χ2v) is 4.60. The van der Waals surface area contributed by atoms with Crippen molar-refractivity contribution in [2.24, 2.45) is 5.10 Å². The zero-order valence-corrected chi connectivity index (χ0v) is 12.6. The van der Waals surface area contributed by atoms with E-state index in [0.29, 0.717) is 11.7 Å². The Hall–Kier alpha value is -2.40. The standard InChI is InChI=1S/C16H17N3OS/c1-2-20-15-10-8-13(9-11-15)12-17-19-16(21)18-14-6-4-3-5-7-14/h3-12H,2H2,1H3,(H2,18,19,21)/b17-12-. The summed E-state index contributed by atoms with van der Waals surface area (Å²) in [6, 6.07) is 17.4. The van der Waals surface area contributed by atoms with Gasteiger partial charge in [0.15, 0.2) is 5.11 Å². The van der Waals surface area contributed by atoms with Crippen LogP contribution in [-0.4, -0.2) is 17.9 Å². The summed E-state index contributed by atoms with van der Waals surface area (Å²) >= 11 is 5.15. The van der Waals surface area contributed by atoms with Gasteiger partial charge >= 0.3 is 0 Å². The Labute approximate surface area is 129 Å². The number of nitrogens with zero attached hydrogens (tertiary/aromatic N) is 1. The Bertz CT molecular complexity index is 597. The molecule has 108 valence electrons. The number of hydrogen-bond acceptors (Lipinski definition) is 3. The van der Waals surface area contributed by atoms with Gasteiger partial charge in [0.25, 0.3) is 0 Å². The zero-order chi connectivity index (χ0) is 14.9. The molecule has 0 aromatic heterocycles. The second kappa shape index (κ2) is 8.01. The van der Waals surface area contributed by atoms with E-state index >= 15 is 0 Å². The maximum atomic E-state index is 5.38. The minimum Gasteiger partial charge on any atom is -0.494 e. The maximum absolute atomic E-state index is 5.38. The third-order valence-electron chi connectivity index (χ3n) is 2.60. The molecule has 0 saturated heterocycles. The van der Waals surface area contributed by atoms with Gasteiger partial charge < -0.3 is 10.1 Å². The van der Waals surface area contributed by atoms with E-state index in [-0.39, 0.29) is 0 Å². The minimum absolute atomic E-state index is 0.448. The van der Waals surface area contributed by atoms with Crippen molar-refractivity contribution in [1.29, 1.82) is 0 Å². The van der Waals surface area contributed by atoms with Crippen molar-refractivity contribution in [3.8, 4) is 5.75 Å². The minimum atomic E-state index is 0.448. The maximum Gasteiger partial charge on any atom is 0.191 e. The van der Waals surface area contributed by atoms with Crippen molar-refractivity contribution in [1.82, 2.24) is 5.43 Å². The van der Waals surface area contributed by atoms with Crippen LogP contribution in [0.5, 0.6) is 5.75 Å². The number of hydrogen-bond donors (Lipinski definition) is 2. The number of rotatable bonds is 5. The molecular weight excluding hydrogens is 282 g/mol. The number of anilines is 1. The van der Waals surface area contributed by atoms with Crippen LogP contribution in [-0.2, 0) is 0 Å². The van der Waals surface area contributed by atoms with E-state index in [2.05, 4.69) is 15.8 Å². The third kappa shape index (κ3) is 5.24. The average Bonchev–Trinajstić information content (AvgIpc) is 2.50. The fraction of sp³-hybridized carbons (Fsp3) is 0.125. The molecule has 0 atom stereocenters. The van der Waals surface area contributed by atoms with Gasteiger partial charge in [-0.2, -0.15) is 5.10 Å². The van der Waals surface area contributed by atoms with Gasteiger partial charge in [-0.05, 0) is 61.1 Å². The molecule has 0 saturated carbocycles. The first-order chi connectivity index (χ1) is 10.3. The first-order valence-electron chi connectivity index (χ1n) is 6.66. The summed E-state index contributed by atoms with van der Waals surface area (Å²) in [4.78, 5) is 0. The van der Waals surface area contributed by atoms with Crippen LogP contribution in [0.15, 0.2) is 59.7 Å². The number of benzene rings is 2. The van der Waals surface area contributed by atoms with Crippen LogP contribution in [0, 0.1) is 0 Å². The molecule has 0 fully saturated rings. The van der Waals surface area contributed by atoms with Gasteiger partial charge in [-0.1, -0.05) is 18.2 Å². The number of ether oxygens (including phenoxy) is 1. The smallest absolute Gasteiger partial charge is 0.191 e. The lowest BCUT2D eigenvalue weighted by molar-refractivity contribution is 0.340. The summed E-state index contributed by atoms with van der Waals surface area (Å²) in [5.74, 6) is 0.851. The van der Waals surface area contributed by atoms with E-state index < -0.39 is 0 Å². The lowest BCUT2D eigenvalue weighted by atomic mass is 10.2. The summed E-state index contributed by atoms with van der Waals surface area (Å²) in [6.45, 7) is 2.62. The van der Waals surface area contributed by atoms with E-state index in [1.807, 2.05) is 61.5 Å². The Balaban J connectivity index is 1.83. The summed E-state index contributed by atoms with van der Waals surface area (Å²) < 4.78 is 5.38. The second-order valence-electron chi connectivity index (χ2n) is 4.19. The van der Waals surface area contributed by atoms with Gasteiger partial charge in [-0.3, -0.25) is 5.43 Å². The lowest BCUT2D eigenvalue weighted by Gasteiger charge is -2.06. The number of nitrogens with one attached hydrogen (secondary N) is 2. The first-order valence-corrected chi connectivity index (χ1v) is 7.06. The highest BCUT2D eigenvalue weighted by atomic mass is 32.1. The van der Waals surface area contributed by atoms with Gasteiger partial charge in [-0.25, -0.2) is 0 Å². The molecule has 21 heavy (non-hydrogen) atoms. The molecule has 2 N–H and O–H groups in total. The molecule has 0 bridgehead atoms. The van der Waals surface area contributed by atoms with Gasteiger partial charge in [0, 0.05) is 5.69 Å². The monoisotopic (exact) mass is 299 g/mol. The zero-order valence-electron chi connectivity index (χ0n) is 11.7. The normalized spacial score (nSPS) is 10.3. The molecule has 0 aliphatic carbocycles. The van der Waals surface area contributed by atoms with Crippen molar-refractivity contribution in [3.63, 3.8) is 0 Å². The summed E-state index contributed by atoms with van der Waals surface area (Å²) in [7, 11) is 0. The fourth-order valence-corrected chi connectivity index (χ4v) is 1.83. The van der Waals surface area contributed by atoms with E-state index in [0.717, 1.165) is 17.0 Å². The van der Waals surface area contributed by atoms with Gasteiger partial charge in [-0.15, -0.1) is 0 Å². The Morgan fingerprint density at radius 1 is 1.14 bits per heavy atom. The van der Waals surface area contributed by atoms with Crippen LogP contribution in [0.3, 0.4) is 0 Å². The van der Waals surface area contributed by atoms with Gasteiger partial charge in [0.1, 0.15) is 5.75 Å². The number of para-hydroxylation sites is 1. The molecule has 0 heterocycles. The highest BCUT2D eigenvalue weighted by Gasteiger charge is 1.95. The predicted molar refractivity (Wildman–Crippen MR) is 91.0 cm³/mol. The molecule has 2 aromatic carbocycles. The largest absolute Gasteiger partial charge is 0.494 e. The molecule has 0 radical (unpaired) electrons. The Kier molecular flexibility index (Phi) is 5.72. The Morgan fingerprint density at radius 3 is 2.52 bits per heavy atom. The third-order valence-corrected chi connectivity index (χ3v) is 2.80. The quantitative estimate of drug-likeness (QED) is 0.504. The molecule has 0 aliphatic heterocycles. The SMILES string of the molecule is CCOc1ccc(/C=N\NC(=S)Nc2ccccc2)cc1. The van der Waals surface area contributed by atoms with Crippen molar-refractivity contribution < 1.29 is 4.74 Å². The molecule has 0 unspecified atom stereocenters.